The summed E-state index contributed by atoms with van der Waals surface area (Å²) >= 11 is 19.1. The Balaban J connectivity index is 2.02. The van der Waals surface area contributed by atoms with Gasteiger partial charge in [0.1, 0.15) is 0 Å². The third-order valence-corrected chi connectivity index (χ3v) is 4.47. The van der Waals surface area contributed by atoms with Crippen LogP contribution in [0.1, 0.15) is 0 Å². The zero-order valence-corrected chi connectivity index (χ0v) is 14.0. The van der Waals surface area contributed by atoms with Gasteiger partial charge in [0.15, 0.2) is 5.82 Å². The molecule has 0 unspecified atom stereocenters. The minimum atomic E-state index is 0.335. The van der Waals surface area contributed by atoms with Crippen molar-refractivity contribution in [2.75, 3.05) is 10.2 Å². The number of hydrogen-bond donors (Lipinski definition) is 1. The van der Waals surface area contributed by atoms with Crippen LogP contribution < -0.4 is 10.2 Å². The molecule has 0 aliphatic carbocycles. The van der Waals surface area contributed by atoms with Gasteiger partial charge in [-0.05, 0) is 23.8 Å². The van der Waals surface area contributed by atoms with Crippen LogP contribution in [0.25, 0.3) is 11.1 Å². The molecule has 7 heteroatoms. The Morgan fingerprint density at radius 3 is 2.30 bits per heavy atom. The number of anilines is 3. The number of aromatic nitrogens is 2. The molecule has 3 rings (SSSR count). The van der Waals surface area contributed by atoms with Crippen molar-refractivity contribution >= 4 is 52.2 Å². The lowest BCUT2D eigenvalue weighted by molar-refractivity contribution is 1.16. The molecule has 0 aliphatic heterocycles. The lowest BCUT2D eigenvalue weighted by Crippen LogP contribution is -2.05. The van der Waals surface area contributed by atoms with Gasteiger partial charge >= 0.3 is 0 Å². The van der Waals surface area contributed by atoms with Crippen LogP contribution in [0.5, 0.6) is 0 Å². The van der Waals surface area contributed by atoms with Gasteiger partial charge in [0.2, 0.25) is 0 Å². The average Bonchev–Trinajstić information content (AvgIpc) is 2.58. The quantitative estimate of drug-likeness (QED) is 0.504. The summed E-state index contributed by atoms with van der Waals surface area (Å²) in [7, 11) is 0. The highest BCUT2D eigenvalue weighted by atomic mass is 35.5. The number of nitrogens with two attached hydrogens (primary N) is 1. The monoisotopic (exact) mass is 364 g/mol. The Bertz CT molecular complexity index is 823. The van der Waals surface area contributed by atoms with Crippen LogP contribution in [0.15, 0.2) is 55.0 Å². The van der Waals surface area contributed by atoms with E-state index in [1.807, 2.05) is 18.2 Å². The minimum Gasteiger partial charge on any atom is -0.399 e. The maximum atomic E-state index is 6.42. The summed E-state index contributed by atoms with van der Waals surface area (Å²) in [5.41, 5.74) is 8.62. The molecular weight excluding hydrogens is 355 g/mol. The van der Waals surface area contributed by atoms with Crippen molar-refractivity contribution in [1.82, 2.24) is 9.97 Å². The van der Waals surface area contributed by atoms with Crippen molar-refractivity contribution < 1.29 is 0 Å². The summed E-state index contributed by atoms with van der Waals surface area (Å²) in [6.45, 7) is 0. The molecule has 3 aromatic rings. The molecule has 116 valence electrons. The first-order valence-electron chi connectivity index (χ1n) is 6.64. The van der Waals surface area contributed by atoms with Crippen molar-refractivity contribution in [3.63, 3.8) is 0 Å². The first kappa shape index (κ1) is 15.9. The smallest absolute Gasteiger partial charge is 0.166 e. The highest BCUT2D eigenvalue weighted by Gasteiger charge is 2.17. The van der Waals surface area contributed by atoms with E-state index in [1.165, 1.54) is 10.6 Å². The highest BCUT2D eigenvalue weighted by Crippen LogP contribution is 2.42. The first-order valence-corrected chi connectivity index (χ1v) is 7.73. The largest absolute Gasteiger partial charge is 0.399 e. The van der Waals surface area contributed by atoms with Crippen LogP contribution in [-0.2, 0) is 0 Å². The summed E-state index contributed by atoms with van der Waals surface area (Å²) in [4.78, 5) is 8.11. The van der Waals surface area contributed by atoms with Crippen molar-refractivity contribution in [2.24, 2.45) is 0 Å². The van der Waals surface area contributed by atoms with E-state index in [-0.39, 0.29) is 0 Å². The van der Waals surface area contributed by atoms with Crippen LogP contribution in [0.3, 0.4) is 0 Å². The SMILES string of the molecule is Nc1ccc(-c2ccc(N(Cl)c3cnccn3)c(Cl)c2Cl)cc1. The van der Waals surface area contributed by atoms with E-state index in [0.717, 1.165) is 11.1 Å². The Morgan fingerprint density at radius 2 is 1.65 bits per heavy atom. The molecule has 4 nitrogen and oxygen atoms in total. The summed E-state index contributed by atoms with van der Waals surface area (Å²) in [6, 6.07) is 11.0. The van der Waals surface area contributed by atoms with Crippen LogP contribution >= 0.6 is 35.0 Å². The summed E-state index contributed by atoms with van der Waals surface area (Å²) < 4.78 is 1.31. The molecule has 0 bridgehead atoms. The summed E-state index contributed by atoms with van der Waals surface area (Å²) in [5.74, 6) is 0.451. The van der Waals surface area contributed by atoms with Crippen molar-refractivity contribution in [3.8, 4) is 11.1 Å². The molecule has 0 amide bonds. The number of hydrogen-bond acceptors (Lipinski definition) is 4. The Kier molecular flexibility index (Phi) is 4.57. The molecule has 2 N–H and O–H groups in total. The van der Waals surface area contributed by atoms with Gasteiger partial charge in [0, 0.05) is 35.4 Å². The normalized spacial score (nSPS) is 10.6. The van der Waals surface area contributed by atoms with Crippen molar-refractivity contribution in [2.45, 2.75) is 0 Å². The van der Waals surface area contributed by atoms with Crippen molar-refractivity contribution in [3.05, 3.63) is 65.0 Å². The summed E-state index contributed by atoms with van der Waals surface area (Å²) in [6.07, 6.45) is 4.64. The maximum Gasteiger partial charge on any atom is 0.166 e. The Hall–Kier alpha value is -2.01. The van der Waals surface area contributed by atoms with Gasteiger partial charge in [-0.25, -0.2) is 9.40 Å². The average molecular weight is 366 g/mol. The molecule has 0 fully saturated rings. The van der Waals surface area contributed by atoms with E-state index < -0.39 is 0 Å². The lowest BCUT2D eigenvalue weighted by atomic mass is 10.0. The Labute approximate surface area is 148 Å². The van der Waals surface area contributed by atoms with E-state index in [0.29, 0.717) is 27.2 Å². The molecule has 23 heavy (non-hydrogen) atoms. The molecular formula is C16H11Cl3N4. The van der Waals surface area contributed by atoms with Crippen molar-refractivity contribution in [1.29, 1.82) is 0 Å². The summed E-state index contributed by atoms with van der Waals surface area (Å²) in [5, 5.41) is 0.741. The van der Waals surface area contributed by atoms with Crippen LogP contribution in [0.2, 0.25) is 10.0 Å². The van der Waals surface area contributed by atoms with E-state index in [4.69, 9.17) is 40.7 Å². The lowest BCUT2D eigenvalue weighted by Gasteiger charge is -2.18. The predicted molar refractivity (Wildman–Crippen MR) is 96.3 cm³/mol. The zero-order chi connectivity index (χ0) is 16.4. The van der Waals surface area contributed by atoms with Gasteiger partial charge in [-0.3, -0.25) is 4.98 Å². The fourth-order valence-corrected chi connectivity index (χ4v) is 2.88. The molecule has 0 atom stereocenters. The van der Waals surface area contributed by atoms with Gasteiger partial charge in [-0.1, -0.05) is 41.4 Å². The van der Waals surface area contributed by atoms with E-state index in [1.54, 1.807) is 30.6 Å². The zero-order valence-electron chi connectivity index (χ0n) is 11.7. The van der Waals surface area contributed by atoms with Crippen LogP contribution in [-0.4, -0.2) is 9.97 Å². The number of rotatable bonds is 3. The number of nitrogens with zero attached hydrogens (tertiary/aromatic N) is 3. The first-order chi connectivity index (χ1) is 11.1. The van der Waals surface area contributed by atoms with Gasteiger partial charge < -0.3 is 5.73 Å². The number of benzene rings is 2. The molecule has 1 aromatic heterocycles. The molecule has 0 saturated carbocycles. The van der Waals surface area contributed by atoms with Gasteiger partial charge in [-0.15, -0.1) is 0 Å². The number of nitrogen functional groups attached to an aromatic ring is 1. The van der Waals surface area contributed by atoms with Crippen LogP contribution in [0, 0.1) is 0 Å². The third-order valence-electron chi connectivity index (χ3n) is 3.25. The van der Waals surface area contributed by atoms with E-state index in [2.05, 4.69) is 9.97 Å². The van der Waals surface area contributed by atoms with Crippen LogP contribution in [0.4, 0.5) is 17.2 Å². The maximum absolute atomic E-state index is 6.42. The second-order valence-corrected chi connectivity index (χ2v) is 5.82. The standard InChI is InChI=1S/C16H11Cl3N4/c17-15-12(10-1-3-11(20)4-2-10)5-6-13(16(15)18)23(19)14-9-21-7-8-22-14/h1-9H,20H2. The molecule has 0 spiro atoms. The predicted octanol–water partition coefficient (Wildman–Crippen LogP) is 5.32. The van der Waals surface area contributed by atoms with Gasteiger partial charge in [-0.2, -0.15) is 0 Å². The fraction of sp³-hybridized carbons (Fsp3) is 0. The van der Waals surface area contributed by atoms with Gasteiger partial charge in [0.25, 0.3) is 0 Å². The molecule has 1 heterocycles. The van der Waals surface area contributed by atoms with Gasteiger partial charge in [0.05, 0.1) is 21.9 Å². The van der Waals surface area contributed by atoms with E-state index >= 15 is 0 Å². The second kappa shape index (κ2) is 6.62. The molecule has 0 saturated heterocycles. The third kappa shape index (κ3) is 3.20. The highest BCUT2D eigenvalue weighted by molar-refractivity contribution is 6.46. The molecule has 0 aliphatic rings. The minimum absolute atomic E-state index is 0.335. The topological polar surface area (TPSA) is 55.0 Å². The second-order valence-electron chi connectivity index (χ2n) is 4.73. The molecule has 2 aromatic carbocycles. The number of halogens is 3. The fourth-order valence-electron chi connectivity index (χ4n) is 2.09. The molecule has 0 radical (unpaired) electrons. The Morgan fingerprint density at radius 1 is 0.913 bits per heavy atom. The van der Waals surface area contributed by atoms with E-state index in [9.17, 15) is 0 Å².